The fourth-order valence-electron chi connectivity index (χ4n) is 5.30. The number of rotatable bonds is 7. The minimum Gasteiger partial charge on any atom is -0.457 e. The Kier molecular flexibility index (Phi) is 6.59. The van der Waals surface area contributed by atoms with E-state index >= 15 is 0 Å². The predicted molar refractivity (Wildman–Crippen MR) is 157 cm³/mol. The van der Waals surface area contributed by atoms with E-state index in [0.29, 0.717) is 17.8 Å². The van der Waals surface area contributed by atoms with Gasteiger partial charge in [0.05, 0.1) is 0 Å². The molecule has 1 aliphatic rings. The van der Waals surface area contributed by atoms with Crippen LogP contribution < -0.4 is 15.8 Å². The molecule has 0 saturated carbocycles. The molecule has 6 rings (SSSR count). The average molecular weight is 515 g/mol. The van der Waals surface area contributed by atoms with E-state index in [1.807, 2.05) is 77.4 Å². The number of carbonyl (C=O) groups is 1. The molecule has 0 atom stereocenters. The molecular formula is C33H30N4O2. The number of carbonyl (C=O) groups excluding carboxylic acids is 1. The van der Waals surface area contributed by atoms with Crippen LogP contribution >= 0.6 is 0 Å². The molecule has 0 spiro atoms. The van der Waals surface area contributed by atoms with E-state index in [-0.39, 0.29) is 11.7 Å². The Labute approximate surface area is 227 Å². The molecule has 0 bridgehead atoms. The number of benzene rings is 4. The van der Waals surface area contributed by atoms with Crippen molar-refractivity contribution < 1.29 is 9.53 Å². The van der Waals surface area contributed by atoms with Crippen molar-refractivity contribution in [1.29, 1.82) is 5.41 Å². The Balaban J connectivity index is 1.43. The number of para-hydroxylation sites is 1. The van der Waals surface area contributed by atoms with Crippen LogP contribution in [0, 0.1) is 5.41 Å². The van der Waals surface area contributed by atoms with Gasteiger partial charge in [-0.05, 0) is 67.0 Å². The van der Waals surface area contributed by atoms with Crippen molar-refractivity contribution in [2.24, 2.45) is 5.73 Å². The summed E-state index contributed by atoms with van der Waals surface area (Å²) in [6, 6.07) is 29.5. The van der Waals surface area contributed by atoms with E-state index in [1.54, 1.807) is 0 Å². The number of fused-ring (bicyclic) bond motifs is 2. The first-order chi connectivity index (χ1) is 19.1. The van der Waals surface area contributed by atoms with Crippen molar-refractivity contribution in [3.05, 3.63) is 120 Å². The number of amides is 1. The molecule has 5 aromatic rings. The fraction of sp³-hybridized carbons (Fsp3) is 0.152. The number of hydrogen-bond donors (Lipinski definition) is 3. The molecule has 0 radical (unpaired) electrons. The number of nitrogens with zero attached hydrogens (tertiary/aromatic N) is 1. The van der Waals surface area contributed by atoms with E-state index in [1.165, 1.54) is 0 Å². The highest BCUT2D eigenvalue weighted by molar-refractivity contribution is 6.03. The molecule has 1 amide bonds. The molecule has 4 N–H and O–H groups in total. The zero-order valence-electron chi connectivity index (χ0n) is 21.6. The van der Waals surface area contributed by atoms with E-state index in [0.717, 1.165) is 70.1 Å². The van der Waals surface area contributed by atoms with E-state index in [4.69, 9.17) is 15.9 Å². The summed E-state index contributed by atoms with van der Waals surface area (Å²) in [6.45, 7) is 0.471. The summed E-state index contributed by atoms with van der Waals surface area (Å²) in [5.74, 6) is 1.42. The minimum atomic E-state index is -0.128. The number of aromatic nitrogens is 1. The second-order valence-corrected chi connectivity index (χ2v) is 9.92. The van der Waals surface area contributed by atoms with Gasteiger partial charge in [-0.3, -0.25) is 10.2 Å². The largest absolute Gasteiger partial charge is 0.457 e. The molecule has 194 valence electrons. The lowest BCUT2D eigenvalue weighted by Crippen LogP contribution is -2.26. The Morgan fingerprint density at radius 1 is 0.923 bits per heavy atom. The van der Waals surface area contributed by atoms with Gasteiger partial charge in [0.2, 0.25) is 0 Å². The zero-order chi connectivity index (χ0) is 26.8. The summed E-state index contributed by atoms with van der Waals surface area (Å²) in [5.41, 5.74) is 9.93. The number of allylic oxidation sites excluding steroid dienone is 2. The van der Waals surface area contributed by atoms with Crippen LogP contribution in [0.5, 0.6) is 11.5 Å². The van der Waals surface area contributed by atoms with Gasteiger partial charge in [-0.2, -0.15) is 0 Å². The van der Waals surface area contributed by atoms with Crippen LogP contribution in [-0.4, -0.2) is 16.3 Å². The van der Waals surface area contributed by atoms with Gasteiger partial charge in [0.15, 0.2) is 0 Å². The van der Waals surface area contributed by atoms with Crippen LogP contribution in [-0.2, 0) is 6.54 Å². The summed E-state index contributed by atoms with van der Waals surface area (Å²) in [5, 5.41) is 14.1. The molecule has 6 heteroatoms. The van der Waals surface area contributed by atoms with Gasteiger partial charge in [-0.25, -0.2) is 0 Å². The van der Waals surface area contributed by atoms with Crippen molar-refractivity contribution in [3.63, 3.8) is 0 Å². The van der Waals surface area contributed by atoms with Crippen LogP contribution in [0.3, 0.4) is 0 Å². The molecule has 0 saturated heterocycles. The van der Waals surface area contributed by atoms with Crippen molar-refractivity contribution >= 4 is 33.4 Å². The predicted octanol–water partition coefficient (Wildman–Crippen LogP) is 7.11. The molecular weight excluding hydrogens is 484 g/mol. The number of nitrogens with two attached hydrogens (primary N) is 1. The second kappa shape index (κ2) is 10.5. The van der Waals surface area contributed by atoms with Crippen LogP contribution in [0.1, 0.15) is 47.3 Å². The smallest absolute Gasteiger partial charge is 0.272 e. The first-order valence-corrected chi connectivity index (χ1v) is 13.3. The quantitative estimate of drug-likeness (QED) is 0.160. The maximum Gasteiger partial charge on any atom is 0.272 e. The number of nitrogens with one attached hydrogen (secondary N) is 2. The normalized spacial score (nSPS) is 13.3. The molecule has 1 aliphatic carbocycles. The van der Waals surface area contributed by atoms with Gasteiger partial charge in [-0.15, -0.1) is 0 Å². The SMILES string of the molecule is N=C(N)c1ccc2cc(C(=O)NC3=CCCCC3)n(Cc3cccc4c(Oc5ccccc5)cccc34)c2c1. The van der Waals surface area contributed by atoms with Gasteiger partial charge in [0.25, 0.3) is 5.91 Å². The lowest BCUT2D eigenvalue weighted by atomic mass is 10.0. The summed E-state index contributed by atoms with van der Waals surface area (Å²) >= 11 is 0. The third kappa shape index (κ3) is 5.01. The Morgan fingerprint density at radius 3 is 2.54 bits per heavy atom. The molecule has 0 aliphatic heterocycles. The van der Waals surface area contributed by atoms with E-state index in [2.05, 4.69) is 29.6 Å². The minimum absolute atomic E-state index is 0.00382. The summed E-state index contributed by atoms with van der Waals surface area (Å²) in [4.78, 5) is 13.6. The number of amidine groups is 1. The molecule has 6 nitrogen and oxygen atoms in total. The highest BCUT2D eigenvalue weighted by Gasteiger charge is 2.19. The maximum atomic E-state index is 13.6. The molecule has 0 unspecified atom stereocenters. The molecule has 4 aromatic carbocycles. The van der Waals surface area contributed by atoms with Gasteiger partial charge in [0, 0.05) is 34.1 Å². The molecule has 1 aromatic heterocycles. The van der Waals surface area contributed by atoms with Crippen LogP contribution in [0.4, 0.5) is 0 Å². The fourth-order valence-corrected chi connectivity index (χ4v) is 5.30. The first-order valence-electron chi connectivity index (χ1n) is 13.3. The molecule has 39 heavy (non-hydrogen) atoms. The standard InChI is InChI=1S/C33H30N4O2/c34-32(35)23-18-17-22-19-30(33(38)36-25-10-3-1-4-11-25)37(29(22)20-23)21-24-9-7-15-28-27(24)14-8-16-31(28)39-26-12-5-2-6-13-26/h2,5-10,12-20H,1,3-4,11,21H2,(H3,34,35)(H,36,38). The Morgan fingerprint density at radius 2 is 1.74 bits per heavy atom. The number of hydrogen-bond acceptors (Lipinski definition) is 3. The van der Waals surface area contributed by atoms with Gasteiger partial charge in [0.1, 0.15) is 23.0 Å². The summed E-state index contributed by atoms with van der Waals surface area (Å²) in [6.07, 6.45) is 6.24. The van der Waals surface area contributed by atoms with Crippen molar-refractivity contribution in [3.8, 4) is 11.5 Å². The molecule has 0 fully saturated rings. The number of nitrogen functional groups attached to an aromatic ring is 1. The van der Waals surface area contributed by atoms with Crippen LogP contribution in [0.15, 0.2) is 103 Å². The summed E-state index contributed by atoms with van der Waals surface area (Å²) in [7, 11) is 0. The Hall–Kier alpha value is -4.84. The number of ether oxygens (including phenoxy) is 1. The third-order valence-electron chi connectivity index (χ3n) is 7.28. The summed E-state index contributed by atoms with van der Waals surface area (Å²) < 4.78 is 8.25. The molecule has 1 heterocycles. The lowest BCUT2D eigenvalue weighted by Gasteiger charge is -2.17. The van der Waals surface area contributed by atoms with Gasteiger partial charge >= 0.3 is 0 Å². The monoisotopic (exact) mass is 514 g/mol. The third-order valence-corrected chi connectivity index (χ3v) is 7.28. The average Bonchev–Trinajstić information content (AvgIpc) is 3.32. The highest BCUT2D eigenvalue weighted by atomic mass is 16.5. The maximum absolute atomic E-state index is 13.6. The van der Waals surface area contributed by atoms with E-state index in [9.17, 15) is 4.79 Å². The van der Waals surface area contributed by atoms with Crippen molar-refractivity contribution in [2.75, 3.05) is 0 Å². The van der Waals surface area contributed by atoms with Crippen molar-refractivity contribution in [2.45, 2.75) is 32.2 Å². The van der Waals surface area contributed by atoms with Crippen molar-refractivity contribution in [1.82, 2.24) is 9.88 Å². The second-order valence-electron chi connectivity index (χ2n) is 9.92. The highest BCUT2D eigenvalue weighted by Crippen LogP contribution is 2.33. The zero-order valence-corrected chi connectivity index (χ0v) is 21.6. The lowest BCUT2D eigenvalue weighted by molar-refractivity contribution is 0.0955. The van der Waals surface area contributed by atoms with Crippen LogP contribution in [0.2, 0.25) is 0 Å². The van der Waals surface area contributed by atoms with Gasteiger partial charge in [-0.1, -0.05) is 66.7 Å². The Bertz CT molecular complexity index is 1730. The van der Waals surface area contributed by atoms with E-state index < -0.39 is 0 Å². The van der Waals surface area contributed by atoms with Gasteiger partial charge < -0.3 is 20.4 Å². The topological polar surface area (TPSA) is 93.1 Å². The first kappa shape index (κ1) is 24.5. The van der Waals surface area contributed by atoms with Crippen LogP contribution in [0.25, 0.3) is 21.7 Å².